The number of piperazine rings is 1. The van der Waals surface area contributed by atoms with Crippen LogP contribution in [0.4, 0.5) is 0 Å². The second-order valence-electron chi connectivity index (χ2n) is 8.74. The summed E-state index contributed by atoms with van der Waals surface area (Å²) in [6.45, 7) is 8.37. The standard InChI is InChI=1S/C24H36N4O4/c1-3-19(2)25-22(29)17-26-13-15-28(16-14-26)24(31)20-9-11-27(12-10-20)23(30)18-32-21-7-5-4-6-8-21/h4-8,19-20H,3,9-18H2,1-2H3,(H,25,29). The SMILES string of the molecule is CCC(C)NC(=O)CN1CCN(C(=O)C2CCN(C(=O)COc3ccccc3)CC2)CC1. The van der Waals surface area contributed by atoms with Crippen LogP contribution in [-0.2, 0) is 14.4 Å². The summed E-state index contributed by atoms with van der Waals surface area (Å²) < 4.78 is 5.56. The van der Waals surface area contributed by atoms with Crippen LogP contribution in [-0.4, -0.2) is 90.9 Å². The zero-order valence-electron chi connectivity index (χ0n) is 19.3. The molecule has 8 nitrogen and oxygen atoms in total. The van der Waals surface area contributed by atoms with E-state index in [1.807, 2.05) is 49.1 Å². The predicted octanol–water partition coefficient (Wildman–Crippen LogP) is 1.36. The number of nitrogens with one attached hydrogen (secondary N) is 1. The summed E-state index contributed by atoms with van der Waals surface area (Å²) in [7, 11) is 0. The summed E-state index contributed by atoms with van der Waals surface area (Å²) >= 11 is 0. The number of para-hydroxylation sites is 1. The maximum Gasteiger partial charge on any atom is 0.260 e. The molecule has 8 heteroatoms. The van der Waals surface area contributed by atoms with Crippen molar-refractivity contribution >= 4 is 17.7 Å². The minimum Gasteiger partial charge on any atom is -0.484 e. The van der Waals surface area contributed by atoms with Crippen molar-refractivity contribution in [2.75, 3.05) is 52.4 Å². The van der Waals surface area contributed by atoms with Gasteiger partial charge in [-0.3, -0.25) is 19.3 Å². The summed E-state index contributed by atoms with van der Waals surface area (Å²) in [6.07, 6.45) is 2.29. The number of amides is 3. The van der Waals surface area contributed by atoms with Gasteiger partial charge in [-0.1, -0.05) is 25.1 Å². The van der Waals surface area contributed by atoms with E-state index in [1.165, 1.54) is 0 Å². The summed E-state index contributed by atoms with van der Waals surface area (Å²) in [5.74, 6) is 0.842. The van der Waals surface area contributed by atoms with Crippen molar-refractivity contribution in [2.45, 2.75) is 39.2 Å². The molecule has 0 spiro atoms. The Labute approximate surface area is 190 Å². The van der Waals surface area contributed by atoms with Crippen molar-refractivity contribution in [1.29, 1.82) is 0 Å². The van der Waals surface area contributed by atoms with Crippen LogP contribution >= 0.6 is 0 Å². The fourth-order valence-corrected chi connectivity index (χ4v) is 4.14. The molecule has 1 atom stereocenters. The number of rotatable bonds is 8. The largest absolute Gasteiger partial charge is 0.484 e. The van der Waals surface area contributed by atoms with Gasteiger partial charge in [0.05, 0.1) is 6.54 Å². The van der Waals surface area contributed by atoms with Crippen LogP contribution < -0.4 is 10.1 Å². The summed E-state index contributed by atoms with van der Waals surface area (Å²) in [5, 5.41) is 2.99. The zero-order chi connectivity index (χ0) is 22.9. The molecular formula is C24H36N4O4. The van der Waals surface area contributed by atoms with Crippen LogP contribution in [0.15, 0.2) is 30.3 Å². The molecule has 1 aromatic carbocycles. The predicted molar refractivity (Wildman–Crippen MR) is 122 cm³/mol. The first-order valence-electron chi connectivity index (χ1n) is 11.7. The number of nitrogens with zero attached hydrogens (tertiary/aromatic N) is 3. The summed E-state index contributed by atoms with van der Waals surface area (Å²) in [6, 6.07) is 9.50. The average Bonchev–Trinajstić information content (AvgIpc) is 2.83. The van der Waals surface area contributed by atoms with Crippen molar-refractivity contribution in [3.63, 3.8) is 0 Å². The maximum atomic E-state index is 13.0. The molecule has 2 saturated heterocycles. The fourth-order valence-electron chi connectivity index (χ4n) is 4.14. The van der Waals surface area contributed by atoms with E-state index in [0.29, 0.717) is 64.4 Å². The second kappa shape index (κ2) is 11.9. The normalized spacial score (nSPS) is 18.8. The Balaban J connectivity index is 1.35. The average molecular weight is 445 g/mol. The van der Waals surface area contributed by atoms with Crippen LogP contribution in [0.2, 0.25) is 0 Å². The first-order valence-corrected chi connectivity index (χ1v) is 11.7. The molecule has 1 N–H and O–H groups in total. The van der Waals surface area contributed by atoms with E-state index < -0.39 is 0 Å². The minimum atomic E-state index is -0.0379. The molecule has 32 heavy (non-hydrogen) atoms. The lowest BCUT2D eigenvalue weighted by atomic mass is 9.95. The van der Waals surface area contributed by atoms with Crippen molar-refractivity contribution < 1.29 is 19.1 Å². The molecule has 0 radical (unpaired) electrons. The van der Waals surface area contributed by atoms with Crippen LogP contribution in [0.5, 0.6) is 5.75 Å². The smallest absolute Gasteiger partial charge is 0.260 e. The molecule has 2 aliphatic heterocycles. The Kier molecular flexibility index (Phi) is 8.90. The van der Waals surface area contributed by atoms with Crippen LogP contribution in [0.25, 0.3) is 0 Å². The lowest BCUT2D eigenvalue weighted by Gasteiger charge is -2.38. The molecule has 1 aromatic rings. The number of hydrogen-bond donors (Lipinski definition) is 1. The van der Waals surface area contributed by atoms with Gasteiger partial charge in [-0.15, -0.1) is 0 Å². The van der Waals surface area contributed by atoms with Crippen molar-refractivity contribution in [3.05, 3.63) is 30.3 Å². The number of ether oxygens (including phenoxy) is 1. The lowest BCUT2D eigenvalue weighted by molar-refractivity contribution is -0.142. The zero-order valence-corrected chi connectivity index (χ0v) is 19.3. The number of carbonyl (C=O) groups is 3. The molecule has 0 aromatic heterocycles. The van der Waals surface area contributed by atoms with Gasteiger partial charge in [-0.05, 0) is 38.3 Å². The highest BCUT2D eigenvalue weighted by molar-refractivity contribution is 5.81. The Hall–Kier alpha value is -2.61. The monoisotopic (exact) mass is 444 g/mol. The second-order valence-corrected chi connectivity index (χ2v) is 8.74. The van der Waals surface area contributed by atoms with Gasteiger partial charge in [0.1, 0.15) is 5.75 Å². The Morgan fingerprint density at radius 3 is 2.28 bits per heavy atom. The van der Waals surface area contributed by atoms with E-state index in [9.17, 15) is 14.4 Å². The van der Waals surface area contributed by atoms with Gasteiger partial charge in [0.25, 0.3) is 5.91 Å². The molecule has 3 amide bonds. The molecule has 2 heterocycles. The maximum absolute atomic E-state index is 13.0. The fraction of sp³-hybridized carbons (Fsp3) is 0.625. The topological polar surface area (TPSA) is 82.2 Å². The highest BCUT2D eigenvalue weighted by Gasteiger charge is 2.32. The third-order valence-electron chi connectivity index (χ3n) is 6.37. The van der Waals surface area contributed by atoms with E-state index in [2.05, 4.69) is 10.2 Å². The van der Waals surface area contributed by atoms with E-state index in [-0.39, 0.29) is 36.3 Å². The van der Waals surface area contributed by atoms with Gasteiger partial charge in [-0.2, -0.15) is 0 Å². The number of piperidine rings is 1. The van der Waals surface area contributed by atoms with Crippen LogP contribution in [0.1, 0.15) is 33.1 Å². The van der Waals surface area contributed by atoms with E-state index >= 15 is 0 Å². The van der Waals surface area contributed by atoms with Crippen molar-refractivity contribution in [3.8, 4) is 5.75 Å². The van der Waals surface area contributed by atoms with Gasteiger partial charge in [0.15, 0.2) is 6.61 Å². The lowest BCUT2D eigenvalue weighted by Crippen LogP contribution is -2.53. The summed E-state index contributed by atoms with van der Waals surface area (Å²) in [5.41, 5.74) is 0. The van der Waals surface area contributed by atoms with Gasteiger partial charge in [0, 0.05) is 51.2 Å². The molecule has 2 aliphatic rings. The summed E-state index contributed by atoms with van der Waals surface area (Å²) in [4.78, 5) is 43.3. The van der Waals surface area contributed by atoms with Crippen LogP contribution in [0.3, 0.4) is 0 Å². The molecule has 176 valence electrons. The molecule has 0 bridgehead atoms. The van der Waals surface area contributed by atoms with Crippen molar-refractivity contribution in [1.82, 2.24) is 20.0 Å². The first-order chi connectivity index (χ1) is 15.5. The third-order valence-corrected chi connectivity index (χ3v) is 6.37. The van der Waals surface area contributed by atoms with E-state index in [0.717, 1.165) is 6.42 Å². The molecule has 2 fully saturated rings. The van der Waals surface area contributed by atoms with Gasteiger partial charge >= 0.3 is 0 Å². The Bertz CT molecular complexity index is 757. The molecule has 0 saturated carbocycles. The Morgan fingerprint density at radius 2 is 1.66 bits per heavy atom. The third kappa shape index (κ3) is 6.95. The van der Waals surface area contributed by atoms with Crippen LogP contribution in [0, 0.1) is 5.92 Å². The van der Waals surface area contributed by atoms with Gasteiger partial charge < -0.3 is 19.9 Å². The Morgan fingerprint density at radius 1 is 1.00 bits per heavy atom. The van der Waals surface area contributed by atoms with Crippen molar-refractivity contribution in [2.24, 2.45) is 5.92 Å². The number of likely N-dealkylation sites (tertiary alicyclic amines) is 1. The molecule has 1 unspecified atom stereocenters. The van der Waals surface area contributed by atoms with E-state index in [1.54, 1.807) is 4.90 Å². The number of benzene rings is 1. The quantitative estimate of drug-likeness (QED) is 0.655. The van der Waals surface area contributed by atoms with Gasteiger partial charge in [0.2, 0.25) is 11.8 Å². The minimum absolute atomic E-state index is 0.0230. The number of hydrogen-bond acceptors (Lipinski definition) is 5. The first kappa shape index (κ1) is 24.0. The molecular weight excluding hydrogens is 408 g/mol. The molecule has 3 rings (SSSR count). The highest BCUT2D eigenvalue weighted by Crippen LogP contribution is 2.21. The highest BCUT2D eigenvalue weighted by atomic mass is 16.5. The molecule has 0 aliphatic carbocycles. The van der Waals surface area contributed by atoms with E-state index in [4.69, 9.17) is 4.74 Å². The van der Waals surface area contributed by atoms with Gasteiger partial charge in [-0.25, -0.2) is 0 Å². The number of carbonyl (C=O) groups excluding carboxylic acids is 3.